The summed E-state index contributed by atoms with van der Waals surface area (Å²) in [6, 6.07) is 18.1. The van der Waals surface area contributed by atoms with Gasteiger partial charge in [-0.2, -0.15) is 5.10 Å². The maximum atomic E-state index is 13.0. The van der Waals surface area contributed by atoms with Crippen molar-refractivity contribution in [2.45, 2.75) is 32.7 Å². The Morgan fingerprint density at radius 3 is 2.29 bits per heavy atom. The number of rotatable bonds is 7. The van der Waals surface area contributed by atoms with Crippen molar-refractivity contribution in [1.82, 2.24) is 15.1 Å². The van der Waals surface area contributed by atoms with Crippen molar-refractivity contribution in [1.29, 1.82) is 0 Å². The van der Waals surface area contributed by atoms with E-state index >= 15 is 0 Å². The first-order valence-corrected chi connectivity index (χ1v) is 9.43. The third-order valence-corrected chi connectivity index (χ3v) is 5.20. The predicted molar refractivity (Wildman–Crippen MR) is 110 cm³/mol. The summed E-state index contributed by atoms with van der Waals surface area (Å²) in [5.41, 5.74) is 5.25. The molecule has 2 aromatic carbocycles. The highest BCUT2D eigenvalue weighted by atomic mass is 16.5. The highest BCUT2D eigenvalue weighted by Crippen LogP contribution is 2.30. The first kappa shape index (κ1) is 19.7. The summed E-state index contributed by atoms with van der Waals surface area (Å²) < 4.78 is 5.27. The number of H-pyrrole nitrogens is 1. The molecule has 1 aromatic heterocycles. The number of carbonyl (C=O) groups excluding carboxylic acids is 1. The van der Waals surface area contributed by atoms with Gasteiger partial charge in [-0.1, -0.05) is 42.5 Å². The molecule has 0 aliphatic rings. The third kappa shape index (κ3) is 4.42. The number of nitrogens with one attached hydrogen (secondary N) is 1. The van der Waals surface area contributed by atoms with Crippen LogP contribution in [0.2, 0.25) is 0 Å². The topological polar surface area (TPSA) is 58.2 Å². The van der Waals surface area contributed by atoms with E-state index in [1.54, 1.807) is 12.0 Å². The van der Waals surface area contributed by atoms with Gasteiger partial charge in [0.1, 0.15) is 5.75 Å². The monoisotopic (exact) mass is 377 g/mol. The molecular weight excluding hydrogens is 350 g/mol. The van der Waals surface area contributed by atoms with Crippen molar-refractivity contribution >= 4 is 5.91 Å². The van der Waals surface area contributed by atoms with Gasteiger partial charge in [-0.25, -0.2) is 0 Å². The number of methoxy groups -OCH3 is 1. The number of ether oxygens (including phenoxy) is 1. The summed E-state index contributed by atoms with van der Waals surface area (Å²) in [6.45, 7) is 4.50. The molecular formula is C23H27N3O2. The third-order valence-electron chi connectivity index (χ3n) is 5.20. The van der Waals surface area contributed by atoms with E-state index in [9.17, 15) is 4.79 Å². The van der Waals surface area contributed by atoms with Gasteiger partial charge in [-0.3, -0.25) is 9.89 Å². The Kier molecular flexibility index (Phi) is 6.14. The second-order valence-electron chi connectivity index (χ2n) is 7.10. The Hall–Kier alpha value is -3.08. The van der Waals surface area contributed by atoms with Crippen molar-refractivity contribution < 1.29 is 9.53 Å². The molecule has 1 atom stereocenters. The van der Waals surface area contributed by atoms with Gasteiger partial charge in [0.2, 0.25) is 5.91 Å². The number of nitrogens with zero attached hydrogens (tertiary/aromatic N) is 2. The molecule has 0 bridgehead atoms. The van der Waals surface area contributed by atoms with Crippen molar-refractivity contribution in [3.05, 3.63) is 82.7 Å². The zero-order valence-corrected chi connectivity index (χ0v) is 16.9. The molecule has 1 unspecified atom stereocenters. The van der Waals surface area contributed by atoms with E-state index < -0.39 is 0 Å². The van der Waals surface area contributed by atoms with Gasteiger partial charge in [0.15, 0.2) is 0 Å². The summed E-state index contributed by atoms with van der Waals surface area (Å²) in [5, 5.41) is 7.21. The average molecular weight is 377 g/mol. The fraction of sp³-hybridized carbons (Fsp3) is 0.304. The molecule has 146 valence electrons. The summed E-state index contributed by atoms with van der Waals surface area (Å²) in [7, 11) is 3.51. The summed E-state index contributed by atoms with van der Waals surface area (Å²) in [5.74, 6) is 0.906. The standard InChI is InChI=1S/C23H27N3O2/c1-16-22(17(2)25-24-16)15-26(3)23(27)14-21(18-8-6-5-7-9-18)19-10-12-20(28-4)13-11-19/h5-13,21H,14-15H2,1-4H3,(H,24,25). The van der Waals surface area contributed by atoms with Crippen LogP contribution < -0.4 is 4.74 Å². The minimum Gasteiger partial charge on any atom is -0.497 e. The Labute approximate surface area is 166 Å². The molecule has 0 fully saturated rings. The molecule has 5 nitrogen and oxygen atoms in total. The maximum Gasteiger partial charge on any atom is 0.223 e. The van der Waals surface area contributed by atoms with Crippen LogP contribution in [-0.2, 0) is 11.3 Å². The van der Waals surface area contributed by atoms with Crippen molar-refractivity contribution in [3.63, 3.8) is 0 Å². The number of amides is 1. The second-order valence-corrected chi connectivity index (χ2v) is 7.10. The van der Waals surface area contributed by atoms with E-state index in [1.165, 1.54) is 0 Å². The van der Waals surface area contributed by atoms with E-state index in [0.717, 1.165) is 33.8 Å². The number of benzene rings is 2. The lowest BCUT2D eigenvalue weighted by molar-refractivity contribution is -0.130. The Morgan fingerprint density at radius 2 is 1.71 bits per heavy atom. The summed E-state index contributed by atoms with van der Waals surface area (Å²) >= 11 is 0. The lowest BCUT2D eigenvalue weighted by Crippen LogP contribution is -2.28. The molecule has 3 rings (SSSR count). The van der Waals surface area contributed by atoms with Gasteiger partial charge in [0, 0.05) is 37.2 Å². The first-order chi connectivity index (χ1) is 13.5. The van der Waals surface area contributed by atoms with Crippen LogP contribution >= 0.6 is 0 Å². The second kappa shape index (κ2) is 8.74. The first-order valence-electron chi connectivity index (χ1n) is 9.43. The predicted octanol–water partition coefficient (Wildman–Crippen LogP) is 4.22. The molecule has 0 radical (unpaired) electrons. The normalized spacial score (nSPS) is 11.9. The Bertz CT molecular complexity index is 897. The number of aromatic amines is 1. The van der Waals surface area contributed by atoms with Gasteiger partial charge >= 0.3 is 0 Å². The molecule has 0 saturated heterocycles. The molecule has 1 heterocycles. The summed E-state index contributed by atoms with van der Waals surface area (Å²) in [4.78, 5) is 14.8. The van der Waals surface area contributed by atoms with Crippen LogP contribution in [0.1, 0.15) is 40.4 Å². The van der Waals surface area contributed by atoms with Crippen molar-refractivity contribution in [3.8, 4) is 5.75 Å². The highest BCUT2D eigenvalue weighted by molar-refractivity contribution is 5.77. The SMILES string of the molecule is COc1ccc(C(CC(=O)N(C)Cc2c(C)n[nH]c2C)c2ccccc2)cc1. The minimum atomic E-state index is -0.00593. The van der Waals surface area contributed by atoms with Gasteiger partial charge in [-0.15, -0.1) is 0 Å². The largest absolute Gasteiger partial charge is 0.497 e. The fourth-order valence-corrected chi connectivity index (χ4v) is 3.41. The molecule has 1 N–H and O–H groups in total. The molecule has 5 heteroatoms. The van der Waals surface area contributed by atoms with Crippen LogP contribution in [0.25, 0.3) is 0 Å². The minimum absolute atomic E-state index is 0.00593. The quantitative estimate of drug-likeness (QED) is 0.671. The van der Waals surface area contributed by atoms with Crippen LogP contribution in [0.5, 0.6) is 5.75 Å². The van der Waals surface area contributed by atoms with Gasteiger partial charge in [0.05, 0.1) is 12.8 Å². The maximum absolute atomic E-state index is 13.0. The molecule has 1 amide bonds. The molecule has 0 spiro atoms. The molecule has 0 saturated carbocycles. The molecule has 28 heavy (non-hydrogen) atoms. The zero-order valence-electron chi connectivity index (χ0n) is 16.9. The van der Waals surface area contributed by atoms with E-state index in [2.05, 4.69) is 22.3 Å². The Balaban J connectivity index is 1.81. The van der Waals surface area contributed by atoms with E-state index in [4.69, 9.17) is 4.74 Å². The van der Waals surface area contributed by atoms with Gasteiger partial charge < -0.3 is 9.64 Å². The van der Waals surface area contributed by atoms with Gasteiger partial charge in [-0.05, 0) is 37.1 Å². The van der Waals surface area contributed by atoms with Crippen molar-refractivity contribution in [2.75, 3.05) is 14.2 Å². The number of hydrogen-bond acceptors (Lipinski definition) is 3. The smallest absolute Gasteiger partial charge is 0.223 e. The number of aryl methyl sites for hydroxylation is 2. The van der Waals surface area contributed by atoms with Crippen LogP contribution in [-0.4, -0.2) is 35.2 Å². The lowest BCUT2D eigenvalue weighted by atomic mass is 9.88. The number of aromatic nitrogens is 2. The van der Waals surface area contributed by atoms with E-state index in [-0.39, 0.29) is 11.8 Å². The van der Waals surface area contributed by atoms with Crippen LogP contribution in [0.3, 0.4) is 0 Å². The van der Waals surface area contributed by atoms with Crippen LogP contribution in [0.4, 0.5) is 0 Å². The van der Waals surface area contributed by atoms with Crippen molar-refractivity contribution in [2.24, 2.45) is 0 Å². The number of carbonyl (C=O) groups is 1. The van der Waals surface area contributed by atoms with Crippen LogP contribution in [0, 0.1) is 13.8 Å². The fourth-order valence-electron chi connectivity index (χ4n) is 3.41. The van der Waals surface area contributed by atoms with Crippen LogP contribution in [0.15, 0.2) is 54.6 Å². The van der Waals surface area contributed by atoms with Gasteiger partial charge in [0.25, 0.3) is 0 Å². The van der Waals surface area contributed by atoms with E-state index in [0.29, 0.717) is 13.0 Å². The lowest BCUT2D eigenvalue weighted by Gasteiger charge is -2.23. The zero-order chi connectivity index (χ0) is 20.1. The molecule has 0 aliphatic carbocycles. The molecule has 0 aliphatic heterocycles. The van der Waals surface area contributed by atoms with E-state index in [1.807, 2.05) is 63.4 Å². The Morgan fingerprint density at radius 1 is 1.07 bits per heavy atom. The highest BCUT2D eigenvalue weighted by Gasteiger charge is 2.21. The number of hydrogen-bond donors (Lipinski definition) is 1. The average Bonchev–Trinajstić information content (AvgIpc) is 3.04. The summed E-state index contributed by atoms with van der Waals surface area (Å²) in [6.07, 6.45) is 0.406. The molecule has 3 aromatic rings.